The van der Waals surface area contributed by atoms with Gasteiger partial charge in [0.2, 0.25) is 0 Å². The first-order valence-corrected chi connectivity index (χ1v) is 6.70. The van der Waals surface area contributed by atoms with Crippen molar-refractivity contribution in [3.63, 3.8) is 0 Å². The van der Waals surface area contributed by atoms with Crippen LogP contribution < -0.4 is 16.2 Å². The summed E-state index contributed by atoms with van der Waals surface area (Å²) in [6.45, 7) is 0.749. The maximum atomic E-state index is 5.49. The number of nitrogens with one attached hydrogen (secondary N) is 1. The van der Waals surface area contributed by atoms with Gasteiger partial charge in [0.1, 0.15) is 17.5 Å². The number of nitrogens with two attached hydrogens (primary N) is 1. The fraction of sp³-hybridized carbons (Fsp3) is 0.462. The van der Waals surface area contributed by atoms with E-state index in [1.165, 1.54) is 12.8 Å². The van der Waals surface area contributed by atoms with Crippen LogP contribution in [0.4, 0.5) is 11.6 Å². The molecule has 20 heavy (non-hydrogen) atoms. The summed E-state index contributed by atoms with van der Waals surface area (Å²) in [5.74, 6) is 8.41. The summed E-state index contributed by atoms with van der Waals surface area (Å²) in [5.41, 5.74) is 3.76. The average Bonchev–Trinajstić information content (AvgIpc) is 3.22. The monoisotopic (exact) mass is 273 g/mol. The number of aryl methyl sites for hydroxylation is 1. The van der Waals surface area contributed by atoms with Crippen molar-refractivity contribution in [2.75, 3.05) is 17.4 Å². The van der Waals surface area contributed by atoms with E-state index in [0.717, 1.165) is 23.8 Å². The molecule has 1 saturated carbocycles. The minimum atomic E-state index is 0.494. The van der Waals surface area contributed by atoms with Gasteiger partial charge in [-0.3, -0.25) is 4.68 Å². The zero-order valence-corrected chi connectivity index (χ0v) is 11.7. The number of hydrazine groups is 1. The van der Waals surface area contributed by atoms with Crippen LogP contribution >= 0.6 is 0 Å². The number of nitrogens with zero attached hydrogens (tertiary/aromatic N) is 5. The Kier molecular flexibility index (Phi) is 3.27. The largest absolute Gasteiger partial charge is 0.355 e. The van der Waals surface area contributed by atoms with Gasteiger partial charge in [-0.05, 0) is 12.8 Å². The SMILES string of the molecule is CN(Cc1cnn(C)c1)c1cc(NN)nc(C2CC2)n1. The lowest BCUT2D eigenvalue weighted by Crippen LogP contribution is -2.19. The minimum absolute atomic E-state index is 0.494. The van der Waals surface area contributed by atoms with Crippen LogP contribution in [0.15, 0.2) is 18.5 Å². The van der Waals surface area contributed by atoms with Crippen LogP contribution in [0.2, 0.25) is 0 Å². The lowest BCUT2D eigenvalue weighted by Gasteiger charge is -2.18. The van der Waals surface area contributed by atoms with E-state index in [0.29, 0.717) is 11.7 Å². The fourth-order valence-corrected chi connectivity index (χ4v) is 2.15. The van der Waals surface area contributed by atoms with Gasteiger partial charge >= 0.3 is 0 Å². The van der Waals surface area contributed by atoms with E-state index in [2.05, 4.69) is 25.4 Å². The molecule has 0 bridgehead atoms. The van der Waals surface area contributed by atoms with Crippen LogP contribution in [0.1, 0.15) is 30.1 Å². The van der Waals surface area contributed by atoms with E-state index in [1.807, 2.05) is 32.6 Å². The summed E-state index contributed by atoms with van der Waals surface area (Å²) >= 11 is 0. The van der Waals surface area contributed by atoms with E-state index in [-0.39, 0.29) is 0 Å². The maximum Gasteiger partial charge on any atom is 0.145 e. The molecule has 0 radical (unpaired) electrons. The summed E-state index contributed by atoms with van der Waals surface area (Å²) in [6.07, 6.45) is 6.20. The molecule has 0 amide bonds. The molecule has 7 nitrogen and oxygen atoms in total. The molecule has 1 aliphatic carbocycles. The molecule has 3 N–H and O–H groups in total. The van der Waals surface area contributed by atoms with Crippen molar-refractivity contribution < 1.29 is 0 Å². The predicted octanol–water partition coefficient (Wildman–Crippen LogP) is 1.01. The molecular weight excluding hydrogens is 254 g/mol. The van der Waals surface area contributed by atoms with Crippen molar-refractivity contribution in [1.29, 1.82) is 0 Å². The Morgan fingerprint density at radius 2 is 2.25 bits per heavy atom. The number of nitrogen functional groups attached to an aromatic ring is 1. The third-order valence-electron chi connectivity index (χ3n) is 3.39. The molecule has 0 aliphatic heterocycles. The maximum absolute atomic E-state index is 5.49. The molecule has 2 aromatic rings. The highest BCUT2D eigenvalue weighted by Crippen LogP contribution is 2.39. The number of aromatic nitrogens is 4. The van der Waals surface area contributed by atoms with Crippen LogP contribution in [0.3, 0.4) is 0 Å². The van der Waals surface area contributed by atoms with Crippen LogP contribution in [0, 0.1) is 0 Å². The predicted molar refractivity (Wildman–Crippen MR) is 77.1 cm³/mol. The molecule has 0 spiro atoms. The molecule has 2 aromatic heterocycles. The third-order valence-corrected chi connectivity index (χ3v) is 3.39. The van der Waals surface area contributed by atoms with Crippen molar-refractivity contribution in [1.82, 2.24) is 19.7 Å². The Labute approximate surface area is 117 Å². The van der Waals surface area contributed by atoms with Crippen LogP contribution in [0.5, 0.6) is 0 Å². The van der Waals surface area contributed by atoms with Gasteiger partial charge in [0.25, 0.3) is 0 Å². The Hall–Kier alpha value is -2.15. The minimum Gasteiger partial charge on any atom is -0.355 e. The van der Waals surface area contributed by atoms with Gasteiger partial charge in [-0.15, -0.1) is 0 Å². The second kappa shape index (κ2) is 5.09. The average molecular weight is 273 g/mol. The third kappa shape index (κ3) is 2.72. The number of hydrogen-bond acceptors (Lipinski definition) is 6. The van der Waals surface area contributed by atoms with Gasteiger partial charge in [-0.25, -0.2) is 15.8 Å². The number of anilines is 2. The van der Waals surface area contributed by atoms with Crippen molar-refractivity contribution in [2.45, 2.75) is 25.3 Å². The van der Waals surface area contributed by atoms with Crippen LogP contribution in [-0.4, -0.2) is 26.8 Å². The molecule has 0 atom stereocenters. The van der Waals surface area contributed by atoms with E-state index in [1.54, 1.807) is 4.68 Å². The van der Waals surface area contributed by atoms with Gasteiger partial charge in [0.05, 0.1) is 6.20 Å². The van der Waals surface area contributed by atoms with Crippen LogP contribution in [0.25, 0.3) is 0 Å². The smallest absolute Gasteiger partial charge is 0.145 e. The second-order valence-corrected chi connectivity index (χ2v) is 5.27. The molecule has 0 saturated heterocycles. The van der Waals surface area contributed by atoms with Crippen molar-refractivity contribution in [3.8, 4) is 0 Å². The standard InChI is InChI=1S/C13H19N7/c1-19(7-9-6-15-20(2)8-9)12-5-11(18-14)16-13(17-12)10-3-4-10/h5-6,8,10H,3-4,7,14H2,1-2H3,(H,16,17,18). The topological polar surface area (TPSA) is 84.9 Å². The zero-order valence-electron chi connectivity index (χ0n) is 11.7. The van der Waals surface area contributed by atoms with E-state index < -0.39 is 0 Å². The summed E-state index contributed by atoms with van der Waals surface area (Å²) in [5, 5.41) is 4.18. The number of hydrogen-bond donors (Lipinski definition) is 2. The molecular formula is C13H19N7. The van der Waals surface area contributed by atoms with Gasteiger partial charge in [-0.2, -0.15) is 5.10 Å². The summed E-state index contributed by atoms with van der Waals surface area (Å²) < 4.78 is 1.80. The number of rotatable bonds is 5. The van der Waals surface area contributed by atoms with E-state index in [9.17, 15) is 0 Å². The molecule has 0 aromatic carbocycles. The fourth-order valence-electron chi connectivity index (χ4n) is 2.15. The zero-order chi connectivity index (χ0) is 14.1. The lowest BCUT2D eigenvalue weighted by molar-refractivity contribution is 0.766. The molecule has 0 unspecified atom stereocenters. The molecule has 3 rings (SSSR count). The first-order valence-electron chi connectivity index (χ1n) is 6.70. The molecule has 7 heteroatoms. The summed E-state index contributed by atoms with van der Waals surface area (Å²) in [7, 11) is 3.92. The van der Waals surface area contributed by atoms with Gasteiger partial charge < -0.3 is 10.3 Å². The summed E-state index contributed by atoms with van der Waals surface area (Å²) in [4.78, 5) is 11.1. The Morgan fingerprint density at radius 3 is 2.85 bits per heavy atom. The van der Waals surface area contributed by atoms with Crippen molar-refractivity contribution >= 4 is 11.6 Å². The lowest BCUT2D eigenvalue weighted by atomic mass is 10.3. The van der Waals surface area contributed by atoms with Crippen molar-refractivity contribution in [2.24, 2.45) is 12.9 Å². The van der Waals surface area contributed by atoms with Crippen molar-refractivity contribution in [3.05, 3.63) is 29.8 Å². The van der Waals surface area contributed by atoms with Crippen LogP contribution in [-0.2, 0) is 13.6 Å². The Bertz CT molecular complexity index is 603. The van der Waals surface area contributed by atoms with Gasteiger partial charge in [-0.1, -0.05) is 0 Å². The molecule has 106 valence electrons. The highest BCUT2D eigenvalue weighted by molar-refractivity contribution is 5.49. The van der Waals surface area contributed by atoms with Gasteiger partial charge in [0.15, 0.2) is 0 Å². The first kappa shape index (κ1) is 12.9. The Morgan fingerprint density at radius 1 is 1.45 bits per heavy atom. The Balaban J connectivity index is 1.82. The first-order chi connectivity index (χ1) is 9.65. The summed E-state index contributed by atoms with van der Waals surface area (Å²) in [6, 6.07) is 1.86. The normalized spacial score (nSPS) is 14.3. The molecule has 1 aliphatic rings. The molecule has 1 fully saturated rings. The highest BCUT2D eigenvalue weighted by Gasteiger charge is 2.27. The van der Waals surface area contributed by atoms with Gasteiger partial charge in [0, 0.05) is 44.4 Å². The quantitative estimate of drug-likeness (QED) is 0.624. The van der Waals surface area contributed by atoms with E-state index >= 15 is 0 Å². The highest BCUT2D eigenvalue weighted by atomic mass is 15.3. The molecule has 2 heterocycles. The van der Waals surface area contributed by atoms with E-state index in [4.69, 9.17) is 5.84 Å². The second-order valence-electron chi connectivity index (χ2n) is 5.27.